The maximum atomic E-state index is 5.96. The molecule has 21 heavy (non-hydrogen) atoms. The predicted octanol–water partition coefficient (Wildman–Crippen LogP) is 2.37. The van der Waals surface area contributed by atoms with Crippen molar-refractivity contribution >= 4 is 11.8 Å². The monoisotopic (exact) mass is 305 g/mol. The first-order chi connectivity index (χ1) is 10.3. The van der Waals surface area contributed by atoms with Crippen LogP contribution < -0.4 is 5.73 Å². The molecule has 1 aromatic heterocycles. The highest BCUT2D eigenvalue weighted by Gasteiger charge is 2.38. The quantitative estimate of drug-likeness (QED) is 0.855. The van der Waals surface area contributed by atoms with Crippen molar-refractivity contribution in [3.05, 3.63) is 42.0 Å². The number of hydrogen-bond donors (Lipinski definition) is 1. The van der Waals surface area contributed by atoms with E-state index in [4.69, 9.17) is 15.0 Å². The highest BCUT2D eigenvalue weighted by Crippen LogP contribution is 2.33. The molecule has 0 saturated carbocycles. The molecule has 0 atom stereocenters. The van der Waals surface area contributed by atoms with Gasteiger partial charge in [-0.1, -0.05) is 23.4 Å². The molecule has 3 rings (SSSR count). The Balaban J connectivity index is 1.68. The first kappa shape index (κ1) is 14.6. The SMILES string of the molecule is NCC1(c2nc(CSc3ccccc3)no2)CCOCC1. The van der Waals surface area contributed by atoms with Crippen LogP contribution in [0.4, 0.5) is 0 Å². The number of benzene rings is 1. The van der Waals surface area contributed by atoms with Crippen LogP contribution >= 0.6 is 11.8 Å². The summed E-state index contributed by atoms with van der Waals surface area (Å²) in [5.74, 6) is 2.08. The maximum absolute atomic E-state index is 5.96. The van der Waals surface area contributed by atoms with Crippen molar-refractivity contribution in [3.8, 4) is 0 Å². The molecule has 112 valence electrons. The normalized spacial score (nSPS) is 17.8. The zero-order valence-corrected chi connectivity index (χ0v) is 12.6. The van der Waals surface area contributed by atoms with E-state index in [0.29, 0.717) is 31.4 Å². The molecule has 2 heterocycles. The molecule has 0 amide bonds. The Morgan fingerprint density at radius 2 is 1.95 bits per heavy atom. The summed E-state index contributed by atoms with van der Waals surface area (Å²) < 4.78 is 10.9. The molecule has 1 fully saturated rings. The van der Waals surface area contributed by atoms with E-state index in [-0.39, 0.29) is 5.41 Å². The molecule has 0 aliphatic carbocycles. The minimum atomic E-state index is -0.207. The van der Waals surface area contributed by atoms with Gasteiger partial charge in [0.25, 0.3) is 0 Å². The van der Waals surface area contributed by atoms with Gasteiger partial charge in [-0.15, -0.1) is 11.8 Å². The summed E-state index contributed by atoms with van der Waals surface area (Å²) in [5.41, 5.74) is 5.75. The molecule has 1 aromatic carbocycles. The van der Waals surface area contributed by atoms with Crippen LogP contribution in [0.1, 0.15) is 24.6 Å². The van der Waals surface area contributed by atoms with Crippen LogP contribution in [0.5, 0.6) is 0 Å². The van der Waals surface area contributed by atoms with E-state index in [1.165, 1.54) is 4.90 Å². The number of nitrogens with zero attached hydrogens (tertiary/aromatic N) is 2. The van der Waals surface area contributed by atoms with Gasteiger partial charge in [0.05, 0.1) is 11.2 Å². The molecule has 1 saturated heterocycles. The second-order valence-electron chi connectivity index (χ2n) is 5.21. The van der Waals surface area contributed by atoms with E-state index in [1.807, 2.05) is 18.2 Å². The minimum absolute atomic E-state index is 0.207. The zero-order valence-electron chi connectivity index (χ0n) is 11.8. The fourth-order valence-electron chi connectivity index (χ4n) is 2.46. The Labute approximate surface area is 128 Å². The predicted molar refractivity (Wildman–Crippen MR) is 81.1 cm³/mol. The molecular formula is C15H19N3O2S. The lowest BCUT2D eigenvalue weighted by molar-refractivity contribution is 0.0409. The van der Waals surface area contributed by atoms with Crippen molar-refractivity contribution in [2.75, 3.05) is 19.8 Å². The van der Waals surface area contributed by atoms with Gasteiger partial charge in [-0.2, -0.15) is 4.98 Å². The molecule has 1 aliphatic rings. The lowest BCUT2D eigenvalue weighted by Gasteiger charge is -2.32. The fourth-order valence-corrected chi connectivity index (χ4v) is 3.22. The van der Waals surface area contributed by atoms with E-state index in [2.05, 4.69) is 22.3 Å². The van der Waals surface area contributed by atoms with Gasteiger partial charge in [-0.05, 0) is 25.0 Å². The second-order valence-corrected chi connectivity index (χ2v) is 6.26. The molecule has 0 spiro atoms. The fraction of sp³-hybridized carbons (Fsp3) is 0.467. The minimum Gasteiger partial charge on any atom is -0.381 e. The second kappa shape index (κ2) is 6.60. The standard InChI is InChI=1S/C15H19N3O2S/c16-11-15(6-8-19-9-7-15)14-17-13(18-20-14)10-21-12-4-2-1-3-5-12/h1-5H,6-11,16H2. The van der Waals surface area contributed by atoms with Gasteiger partial charge >= 0.3 is 0 Å². The van der Waals surface area contributed by atoms with Crippen LogP contribution in [0.15, 0.2) is 39.8 Å². The first-order valence-electron chi connectivity index (χ1n) is 7.11. The molecule has 5 nitrogen and oxygen atoms in total. The Kier molecular flexibility index (Phi) is 4.57. The van der Waals surface area contributed by atoms with Crippen molar-refractivity contribution in [3.63, 3.8) is 0 Å². The van der Waals surface area contributed by atoms with Gasteiger partial charge in [0, 0.05) is 24.7 Å². The molecule has 6 heteroatoms. The number of aromatic nitrogens is 2. The zero-order chi connectivity index (χ0) is 14.5. The van der Waals surface area contributed by atoms with Crippen molar-refractivity contribution in [2.45, 2.75) is 28.9 Å². The van der Waals surface area contributed by atoms with Crippen LogP contribution in [-0.2, 0) is 15.9 Å². The average molecular weight is 305 g/mol. The van der Waals surface area contributed by atoms with Gasteiger partial charge in [0.1, 0.15) is 0 Å². The molecule has 1 aliphatic heterocycles. The number of ether oxygens (including phenoxy) is 1. The summed E-state index contributed by atoms with van der Waals surface area (Å²) in [4.78, 5) is 5.76. The lowest BCUT2D eigenvalue weighted by atomic mass is 9.80. The molecule has 2 aromatic rings. The van der Waals surface area contributed by atoms with Crippen LogP contribution in [0.25, 0.3) is 0 Å². The Hall–Kier alpha value is -1.37. The Bertz CT molecular complexity index is 567. The van der Waals surface area contributed by atoms with Gasteiger partial charge in [-0.3, -0.25) is 0 Å². The number of nitrogens with two attached hydrogens (primary N) is 1. The smallest absolute Gasteiger partial charge is 0.234 e. The highest BCUT2D eigenvalue weighted by molar-refractivity contribution is 7.98. The number of hydrogen-bond acceptors (Lipinski definition) is 6. The van der Waals surface area contributed by atoms with Crippen molar-refractivity contribution in [1.82, 2.24) is 10.1 Å². The van der Waals surface area contributed by atoms with E-state index in [1.54, 1.807) is 11.8 Å². The average Bonchev–Trinajstić information content (AvgIpc) is 3.04. The van der Waals surface area contributed by atoms with E-state index < -0.39 is 0 Å². The van der Waals surface area contributed by atoms with Crippen LogP contribution in [0, 0.1) is 0 Å². The first-order valence-corrected chi connectivity index (χ1v) is 8.10. The maximum Gasteiger partial charge on any atom is 0.234 e. The van der Waals surface area contributed by atoms with Gasteiger partial charge in [0.2, 0.25) is 5.89 Å². The van der Waals surface area contributed by atoms with Gasteiger partial charge < -0.3 is 15.0 Å². The molecule has 0 unspecified atom stereocenters. The van der Waals surface area contributed by atoms with Crippen LogP contribution in [0.3, 0.4) is 0 Å². The molecular weight excluding hydrogens is 286 g/mol. The van der Waals surface area contributed by atoms with E-state index in [9.17, 15) is 0 Å². The van der Waals surface area contributed by atoms with Crippen molar-refractivity contribution in [2.24, 2.45) is 5.73 Å². The summed E-state index contributed by atoms with van der Waals surface area (Å²) in [7, 11) is 0. The third-order valence-corrected chi connectivity index (χ3v) is 4.88. The molecule has 0 radical (unpaired) electrons. The molecule has 0 bridgehead atoms. The summed E-state index contributed by atoms with van der Waals surface area (Å²) in [6, 6.07) is 10.2. The lowest BCUT2D eigenvalue weighted by Crippen LogP contribution is -2.40. The summed E-state index contributed by atoms with van der Waals surface area (Å²) in [6.45, 7) is 1.92. The third kappa shape index (κ3) is 3.28. The summed E-state index contributed by atoms with van der Waals surface area (Å²) >= 11 is 1.70. The third-order valence-electron chi connectivity index (χ3n) is 3.87. The summed E-state index contributed by atoms with van der Waals surface area (Å²) in [6.07, 6.45) is 1.69. The van der Waals surface area contributed by atoms with Crippen LogP contribution in [0.2, 0.25) is 0 Å². The van der Waals surface area contributed by atoms with E-state index in [0.717, 1.165) is 18.7 Å². The number of rotatable bonds is 5. The Morgan fingerprint density at radius 1 is 1.19 bits per heavy atom. The van der Waals surface area contributed by atoms with Gasteiger partial charge in [0.15, 0.2) is 5.82 Å². The van der Waals surface area contributed by atoms with Crippen molar-refractivity contribution < 1.29 is 9.26 Å². The highest BCUT2D eigenvalue weighted by atomic mass is 32.2. The van der Waals surface area contributed by atoms with Crippen LogP contribution in [-0.4, -0.2) is 29.9 Å². The molecule has 2 N–H and O–H groups in total. The summed E-state index contributed by atoms with van der Waals surface area (Å²) in [5, 5.41) is 4.10. The largest absolute Gasteiger partial charge is 0.381 e. The Morgan fingerprint density at radius 3 is 2.67 bits per heavy atom. The van der Waals surface area contributed by atoms with Crippen molar-refractivity contribution in [1.29, 1.82) is 0 Å². The topological polar surface area (TPSA) is 74.2 Å². The van der Waals surface area contributed by atoms with E-state index >= 15 is 0 Å². The number of thioether (sulfide) groups is 1. The van der Waals surface area contributed by atoms with Gasteiger partial charge in [-0.25, -0.2) is 0 Å².